The van der Waals surface area contributed by atoms with Gasteiger partial charge >= 0.3 is 0 Å². The molecule has 1 aromatic heterocycles. The van der Waals surface area contributed by atoms with E-state index in [9.17, 15) is 4.79 Å². The van der Waals surface area contributed by atoms with Crippen molar-refractivity contribution < 1.29 is 14.4 Å². The maximum Gasteiger partial charge on any atom is 0.267 e. The summed E-state index contributed by atoms with van der Waals surface area (Å²) in [7, 11) is 0. The fraction of sp³-hybridized carbons (Fsp3) is 0.571. The highest BCUT2D eigenvalue weighted by Gasteiger charge is 2.42. The van der Waals surface area contributed by atoms with Gasteiger partial charge in [-0.1, -0.05) is 11.2 Å². The summed E-state index contributed by atoms with van der Waals surface area (Å²) in [5.41, 5.74) is -0.0625. The molecule has 2 atom stereocenters. The summed E-state index contributed by atoms with van der Waals surface area (Å²) in [6, 6.07) is 3.96. The summed E-state index contributed by atoms with van der Waals surface area (Å²) in [4.78, 5) is 18.7. The third-order valence-electron chi connectivity index (χ3n) is 3.66. The molecule has 0 spiro atoms. The van der Waals surface area contributed by atoms with Gasteiger partial charge in [-0.05, 0) is 31.2 Å². The van der Waals surface area contributed by atoms with Crippen LogP contribution in [0.3, 0.4) is 0 Å². The van der Waals surface area contributed by atoms with E-state index in [1.807, 2.05) is 17.5 Å². The predicted octanol–water partition coefficient (Wildman–Crippen LogP) is 1.93. The Kier molecular flexibility index (Phi) is 3.76. The first-order valence-electron chi connectivity index (χ1n) is 6.86. The topological polar surface area (TPSA) is 59.9 Å². The quantitative estimate of drug-likeness (QED) is 0.923. The highest BCUT2D eigenvalue weighted by Crippen LogP contribution is 2.28. The molecular weight excluding hydrogens is 276 g/mol. The van der Waals surface area contributed by atoms with Gasteiger partial charge in [0.15, 0.2) is 0 Å². The van der Waals surface area contributed by atoms with Crippen LogP contribution in [0.15, 0.2) is 22.7 Å². The molecule has 3 rings (SSSR count). The highest BCUT2D eigenvalue weighted by molar-refractivity contribution is 7.12. The van der Waals surface area contributed by atoms with Crippen LogP contribution < -0.4 is 5.32 Å². The van der Waals surface area contributed by atoms with Gasteiger partial charge in [-0.15, -0.1) is 11.3 Å². The zero-order valence-electron chi connectivity index (χ0n) is 11.4. The molecule has 0 bridgehead atoms. The predicted molar refractivity (Wildman–Crippen MR) is 76.9 cm³/mol. The number of ether oxygens (including phenoxy) is 1. The second-order valence-corrected chi connectivity index (χ2v) is 6.31. The number of oxime groups is 1. The minimum atomic E-state index is -0.905. The molecule has 0 aromatic carbocycles. The van der Waals surface area contributed by atoms with Crippen molar-refractivity contribution in [2.75, 3.05) is 13.2 Å². The van der Waals surface area contributed by atoms with Gasteiger partial charge in [0.1, 0.15) is 5.71 Å². The minimum Gasteiger partial charge on any atom is -0.379 e. The lowest BCUT2D eigenvalue weighted by Gasteiger charge is -2.21. The van der Waals surface area contributed by atoms with Crippen LogP contribution in [0.5, 0.6) is 0 Å². The second kappa shape index (κ2) is 5.54. The van der Waals surface area contributed by atoms with E-state index in [4.69, 9.17) is 9.57 Å². The minimum absolute atomic E-state index is 0.122. The number of carbonyl (C=O) groups is 1. The van der Waals surface area contributed by atoms with E-state index < -0.39 is 5.60 Å². The first-order chi connectivity index (χ1) is 9.67. The molecule has 1 amide bonds. The summed E-state index contributed by atoms with van der Waals surface area (Å²) in [5, 5.41) is 8.97. The second-order valence-electron chi connectivity index (χ2n) is 5.36. The molecule has 2 aliphatic heterocycles. The molecule has 20 heavy (non-hydrogen) atoms. The fourth-order valence-corrected chi connectivity index (χ4v) is 3.14. The van der Waals surface area contributed by atoms with Crippen LogP contribution in [0, 0.1) is 0 Å². The number of thiophene rings is 1. The van der Waals surface area contributed by atoms with Crippen molar-refractivity contribution in [3.63, 3.8) is 0 Å². The van der Waals surface area contributed by atoms with Gasteiger partial charge < -0.3 is 14.9 Å². The average Bonchev–Trinajstić information content (AvgIpc) is 3.17. The Morgan fingerprint density at radius 3 is 3.25 bits per heavy atom. The van der Waals surface area contributed by atoms with Crippen molar-refractivity contribution >= 4 is 23.0 Å². The van der Waals surface area contributed by atoms with Crippen LogP contribution in [0.1, 0.15) is 31.1 Å². The molecule has 2 aliphatic rings. The number of carbonyl (C=O) groups excluding carboxylic acids is 1. The van der Waals surface area contributed by atoms with Crippen molar-refractivity contribution in [3.05, 3.63) is 22.4 Å². The molecule has 6 heteroatoms. The van der Waals surface area contributed by atoms with Crippen LogP contribution in [0.4, 0.5) is 0 Å². The van der Waals surface area contributed by atoms with Crippen LogP contribution in [0.25, 0.3) is 0 Å². The largest absolute Gasteiger partial charge is 0.379 e. The zero-order valence-corrected chi connectivity index (χ0v) is 12.2. The van der Waals surface area contributed by atoms with Gasteiger partial charge in [-0.25, -0.2) is 0 Å². The standard InChI is InChI=1S/C14H18N2O3S/c1-14(13(17)15-9-10-4-2-6-18-10)8-11(16-19-14)12-5-3-7-20-12/h3,5,7,10H,2,4,6,8-9H2,1H3,(H,15,17)/t10-,14+/m0/s1. The van der Waals surface area contributed by atoms with Crippen LogP contribution >= 0.6 is 11.3 Å². The molecule has 0 aliphatic carbocycles. The van der Waals surface area contributed by atoms with Gasteiger partial charge in [0.05, 0.1) is 11.0 Å². The number of amides is 1. The molecule has 1 fully saturated rings. The van der Waals surface area contributed by atoms with E-state index in [0.29, 0.717) is 13.0 Å². The normalized spacial score (nSPS) is 29.1. The molecule has 1 N–H and O–H groups in total. The van der Waals surface area contributed by atoms with Gasteiger partial charge in [-0.2, -0.15) is 0 Å². The Morgan fingerprint density at radius 2 is 2.55 bits per heavy atom. The van der Waals surface area contributed by atoms with E-state index >= 15 is 0 Å². The maximum absolute atomic E-state index is 12.3. The highest BCUT2D eigenvalue weighted by atomic mass is 32.1. The van der Waals surface area contributed by atoms with Crippen LogP contribution in [0.2, 0.25) is 0 Å². The van der Waals surface area contributed by atoms with Gasteiger partial charge in [-0.3, -0.25) is 4.79 Å². The first-order valence-corrected chi connectivity index (χ1v) is 7.74. The van der Waals surface area contributed by atoms with Crippen LogP contribution in [-0.2, 0) is 14.4 Å². The van der Waals surface area contributed by atoms with Gasteiger partial charge in [0.25, 0.3) is 5.91 Å². The van der Waals surface area contributed by atoms with Gasteiger partial charge in [0, 0.05) is 19.6 Å². The van der Waals surface area contributed by atoms with Crippen molar-refractivity contribution in [3.8, 4) is 0 Å². The Bertz CT molecular complexity index is 508. The zero-order chi connectivity index (χ0) is 14.0. The molecule has 3 heterocycles. The maximum atomic E-state index is 12.3. The number of hydrogen-bond donors (Lipinski definition) is 1. The monoisotopic (exact) mass is 294 g/mol. The fourth-order valence-electron chi connectivity index (χ4n) is 2.44. The third kappa shape index (κ3) is 2.71. The summed E-state index contributed by atoms with van der Waals surface area (Å²) in [6.07, 6.45) is 2.72. The van der Waals surface area contributed by atoms with E-state index in [0.717, 1.165) is 30.0 Å². The van der Waals surface area contributed by atoms with Gasteiger partial charge in [0.2, 0.25) is 5.60 Å². The van der Waals surface area contributed by atoms with Crippen LogP contribution in [-0.4, -0.2) is 36.5 Å². The Hall–Kier alpha value is -1.40. The lowest BCUT2D eigenvalue weighted by Crippen LogP contribution is -2.46. The first kappa shape index (κ1) is 13.6. The lowest BCUT2D eigenvalue weighted by atomic mass is 9.98. The molecule has 108 valence electrons. The lowest BCUT2D eigenvalue weighted by molar-refractivity contribution is -0.142. The summed E-state index contributed by atoms with van der Waals surface area (Å²) in [5.74, 6) is -0.122. The molecule has 1 saturated heterocycles. The average molecular weight is 294 g/mol. The number of rotatable bonds is 4. The SMILES string of the molecule is C[C@]1(C(=O)NC[C@@H]2CCCO2)CC(c2cccs2)=NO1. The molecule has 1 aromatic rings. The van der Waals surface area contributed by atoms with Crippen molar-refractivity contribution in [1.29, 1.82) is 0 Å². The number of nitrogens with zero attached hydrogens (tertiary/aromatic N) is 1. The van der Waals surface area contributed by atoms with E-state index in [1.165, 1.54) is 0 Å². The molecular formula is C14H18N2O3S. The number of nitrogens with one attached hydrogen (secondary N) is 1. The molecule has 0 saturated carbocycles. The van der Waals surface area contributed by atoms with Crippen molar-refractivity contribution in [2.45, 2.75) is 37.9 Å². The van der Waals surface area contributed by atoms with E-state index in [2.05, 4.69) is 10.5 Å². The summed E-state index contributed by atoms with van der Waals surface area (Å²) < 4.78 is 5.50. The Morgan fingerprint density at radius 1 is 1.65 bits per heavy atom. The van der Waals surface area contributed by atoms with E-state index in [-0.39, 0.29) is 12.0 Å². The smallest absolute Gasteiger partial charge is 0.267 e. The summed E-state index contributed by atoms with van der Waals surface area (Å²) in [6.45, 7) is 3.12. The molecule has 0 radical (unpaired) electrons. The third-order valence-corrected chi connectivity index (χ3v) is 4.58. The molecule has 0 unspecified atom stereocenters. The number of hydrogen-bond acceptors (Lipinski definition) is 5. The van der Waals surface area contributed by atoms with E-state index in [1.54, 1.807) is 18.3 Å². The van der Waals surface area contributed by atoms with Crippen molar-refractivity contribution in [1.82, 2.24) is 5.32 Å². The Balaban J connectivity index is 1.55. The summed E-state index contributed by atoms with van der Waals surface area (Å²) >= 11 is 1.60. The Labute approximate surface area is 121 Å². The molecule has 5 nitrogen and oxygen atoms in total. The van der Waals surface area contributed by atoms with Crippen molar-refractivity contribution in [2.24, 2.45) is 5.16 Å².